The van der Waals surface area contributed by atoms with E-state index < -0.39 is 0 Å². The molecule has 1 aromatic heterocycles. The lowest BCUT2D eigenvalue weighted by Crippen LogP contribution is -1.88. The Hall–Kier alpha value is -1.41. The zero-order valence-electron chi connectivity index (χ0n) is 7.64. The minimum Gasteiger partial charge on any atom is -0.298 e. The molecule has 1 nitrogen and oxygen atoms in total. The minimum absolute atomic E-state index is 0.818. The van der Waals surface area contributed by atoms with E-state index in [1.807, 2.05) is 29.6 Å². The number of carbonyl (C=O) groups is 1. The second-order valence-electron chi connectivity index (χ2n) is 3.08. The highest BCUT2D eigenvalue weighted by molar-refractivity contribution is 7.10. The largest absolute Gasteiger partial charge is 0.298 e. The molecular weight excluding hydrogens is 192 g/mol. The Balaban J connectivity index is 2.23. The van der Waals surface area contributed by atoms with E-state index in [0.717, 1.165) is 23.1 Å². The Morgan fingerprint density at radius 1 is 1.14 bits per heavy atom. The minimum atomic E-state index is 0.818. The Morgan fingerprint density at radius 2 is 1.93 bits per heavy atom. The van der Waals surface area contributed by atoms with Crippen molar-refractivity contribution >= 4 is 17.6 Å². The van der Waals surface area contributed by atoms with E-state index in [-0.39, 0.29) is 0 Å². The van der Waals surface area contributed by atoms with Crippen molar-refractivity contribution in [2.75, 3.05) is 0 Å². The van der Waals surface area contributed by atoms with Crippen molar-refractivity contribution in [1.82, 2.24) is 0 Å². The Labute approximate surface area is 87.0 Å². The molecule has 0 N–H and O–H groups in total. The molecular formula is C12H10OS. The summed E-state index contributed by atoms with van der Waals surface area (Å²) in [4.78, 5) is 11.8. The zero-order valence-corrected chi connectivity index (χ0v) is 8.46. The molecule has 0 unspecified atom stereocenters. The fraction of sp³-hybridized carbons (Fsp3) is 0.0833. The molecule has 0 bridgehead atoms. The Kier molecular flexibility index (Phi) is 2.75. The maximum Gasteiger partial charge on any atom is 0.151 e. The standard InChI is InChI=1S/C12H10OS/c13-9-11-6-7-14-12(11)8-10-4-2-1-3-5-10/h1-7,9H,8H2. The van der Waals surface area contributed by atoms with Crippen LogP contribution >= 0.6 is 11.3 Å². The summed E-state index contributed by atoms with van der Waals surface area (Å²) >= 11 is 1.64. The molecule has 14 heavy (non-hydrogen) atoms. The molecule has 0 saturated carbocycles. The van der Waals surface area contributed by atoms with E-state index in [1.54, 1.807) is 11.3 Å². The highest BCUT2D eigenvalue weighted by Gasteiger charge is 2.03. The van der Waals surface area contributed by atoms with Gasteiger partial charge in [0.2, 0.25) is 0 Å². The topological polar surface area (TPSA) is 17.1 Å². The normalized spacial score (nSPS) is 10.0. The lowest BCUT2D eigenvalue weighted by Gasteiger charge is -1.98. The number of carbonyl (C=O) groups excluding carboxylic acids is 1. The third kappa shape index (κ3) is 1.91. The third-order valence-electron chi connectivity index (χ3n) is 2.11. The number of rotatable bonds is 3. The summed E-state index contributed by atoms with van der Waals surface area (Å²) in [6.45, 7) is 0. The van der Waals surface area contributed by atoms with Gasteiger partial charge in [-0.1, -0.05) is 30.3 Å². The molecule has 0 amide bonds. The second-order valence-corrected chi connectivity index (χ2v) is 4.08. The molecule has 2 rings (SSSR count). The van der Waals surface area contributed by atoms with Gasteiger partial charge < -0.3 is 0 Å². The first-order valence-corrected chi connectivity index (χ1v) is 5.33. The molecule has 1 heterocycles. The average molecular weight is 202 g/mol. The summed E-state index contributed by atoms with van der Waals surface area (Å²) < 4.78 is 0. The van der Waals surface area contributed by atoms with E-state index in [2.05, 4.69) is 12.1 Å². The van der Waals surface area contributed by atoms with Gasteiger partial charge in [0.15, 0.2) is 6.29 Å². The van der Waals surface area contributed by atoms with E-state index in [1.165, 1.54) is 5.56 Å². The molecule has 0 radical (unpaired) electrons. The number of hydrogen-bond acceptors (Lipinski definition) is 2. The van der Waals surface area contributed by atoms with Gasteiger partial charge in [-0.25, -0.2) is 0 Å². The van der Waals surface area contributed by atoms with Gasteiger partial charge in [0.25, 0.3) is 0 Å². The molecule has 2 heteroatoms. The van der Waals surface area contributed by atoms with Crippen LogP contribution in [0, 0.1) is 0 Å². The van der Waals surface area contributed by atoms with E-state index in [0.29, 0.717) is 0 Å². The molecule has 0 fully saturated rings. The molecule has 70 valence electrons. The molecule has 0 aliphatic heterocycles. The van der Waals surface area contributed by atoms with Gasteiger partial charge in [-0.2, -0.15) is 0 Å². The van der Waals surface area contributed by atoms with Crippen molar-refractivity contribution in [3.8, 4) is 0 Å². The number of thiophene rings is 1. The van der Waals surface area contributed by atoms with Crippen LogP contribution in [0.25, 0.3) is 0 Å². The highest BCUT2D eigenvalue weighted by atomic mass is 32.1. The van der Waals surface area contributed by atoms with E-state index in [4.69, 9.17) is 0 Å². The van der Waals surface area contributed by atoms with Crippen molar-refractivity contribution in [2.24, 2.45) is 0 Å². The summed E-state index contributed by atoms with van der Waals surface area (Å²) in [5, 5.41) is 1.96. The predicted molar refractivity (Wildman–Crippen MR) is 59.0 cm³/mol. The number of hydrogen-bond donors (Lipinski definition) is 0. The summed E-state index contributed by atoms with van der Waals surface area (Å²) in [6.07, 6.45) is 1.78. The van der Waals surface area contributed by atoms with Crippen LogP contribution in [0.15, 0.2) is 41.8 Å². The van der Waals surface area contributed by atoms with Gasteiger partial charge in [-0.15, -0.1) is 11.3 Å². The van der Waals surface area contributed by atoms with Gasteiger partial charge >= 0.3 is 0 Å². The van der Waals surface area contributed by atoms with Crippen LogP contribution in [-0.2, 0) is 6.42 Å². The van der Waals surface area contributed by atoms with Gasteiger partial charge in [0.1, 0.15) is 0 Å². The predicted octanol–water partition coefficient (Wildman–Crippen LogP) is 3.15. The first kappa shape index (κ1) is 9.16. The summed E-state index contributed by atoms with van der Waals surface area (Å²) in [6, 6.07) is 12.1. The number of aldehydes is 1. The van der Waals surface area contributed by atoms with Gasteiger partial charge in [-0.05, 0) is 17.0 Å². The van der Waals surface area contributed by atoms with Crippen LogP contribution in [0.2, 0.25) is 0 Å². The molecule has 2 aromatic rings. The summed E-state index contributed by atoms with van der Waals surface area (Å²) in [5.41, 5.74) is 2.07. The molecule has 1 aromatic carbocycles. The van der Waals surface area contributed by atoms with Crippen LogP contribution in [0.3, 0.4) is 0 Å². The van der Waals surface area contributed by atoms with E-state index in [9.17, 15) is 4.79 Å². The lowest BCUT2D eigenvalue weighted by atomic mass is 10.1. The van der Waals surface area contributed by atoms with Crippen LogP contribution in [0.5, 0.6) is 0 Å². The smallest absolute Gasteiger partial charge is 0.151 e. The second kappa shape index (κ2) is 4.20. The van der Waals surface area contributed by atoms with Crippen molar-refractivity contribution in [1.29, 1.82) is 0 Å². The highest BCUT2D eigenvalue weighted by Crippen LogP contribution is 2.18. The lowest BCUT2D eigenvalue weighted by molar-refractivity contribution is 0.112. The van der Waals surface area contributed by atoms with Crippen molar-refractivity contribution in [3.05, 3.63) is 57.8 Å². The first-order chi connectivity index (χ1) is 6.90. The van der Waals surface area contributed by atoms with Crippen molar-refractivity contribution < 1.29 is 4.79 Å². The first-order valence-electron chi connectivity index (χ1n) is 4.45. The molecule has 0 aliphatic carbocycles. The van der Waals surface area contributed by atoms with Gasteiger partial charge in [0.05, 0.1) is 0 Å². The van der Waals surface area contributed by atoms with E-state index >= 15 is 0 Å². The number of benzene rings is 1. The quantitative estimate of drug-likeness (QED) is 0.699. The Morgan fingerprint density at radius 3 is 2.64 bits per heavy atom. The van der Waals surface area contributed by atoms with Crippen molar-refractivity contribution in [2.45, 2.75) is 6.42 Å². The average Bonchev–Trinajstić information content (AvgIpc) is 2.67. The fourth-order valence-electron chi connectivity index (χ4n) is 1.38. The maximum atomic E-state index is 10.7. The summed E-state index contributed by atoms with van der Waals surface area (Å²) in [7, 11) is 0. The molecule has 0 aliphatic rings. The summed E-state index contributed by atoms with van der Waals surface area (Å²) in [5.74, 6) is 0. The van der Waals surface area contributed by atoms with Gasteiger partial charge in [0, 0.05) is 16.9 Å². The molecule has 0 saturated heterocycles. The monoisotopic (exact) mass is 202 g/mol. The van der Waals surface area contributed by atoms with Crippen molar-refractivity contribution in [3.63, 3.8) is 0 Å². The SMILES string of the molecule is O=Cc1ccsc1Cc1ccccc1. The zero-order chi connectivity index (χ0) is 9.80. The Bertz CT molecular complexity index is 417. The molecule has 0 spiro atoms. The van der Waals surface area contributed by atoms with Crippen LogP contribution in [0.1, 0.15) is 20.8 Å². The van der Waals surface area contributed by atoms with Crippen LogP contribution < -0.4 is 0 Å². The maximum absolute atomic E-state index is 10.7. The van der Waals surface area contributed by atoms with Gasteiger partial charge in [-0.3, -0.25) is 4.79 Å². The molecule has 0 atom stereocenters. The van der Waals surface area contributed by atoms with Crippen LogP contribution in [0.4, 0.5) is 0 Å². The third-order valence-corrected chi connectivity index (χ3v) is 3.05. The van der Waals surface area contributed by atoms with Crippen LogP contribution in [-0.4, -0.2) is 6.29 Å². The fourth-order valence-corrected chi connectivity index (χ4v) is 2.26.